The van der Waals surface area contributed by atoms with Crippen molar-refractivity contribution in [1.82, 2.24) is 0 Å². The minimum absolute atomic E-state index is 0. The number of benzene rings is 2. The highest BCUT2D eigenvalue weighted by molar-refractivity contribution is 5.77. The Kier molecular flexibility index (Phi) is 8.00. The van der Waals surface area contributed by atoms with Crippen molar-refractivity contribution in [2.45, 2.75) is 60.7 Å². The number of rotatable bonds is 6. The number of halogens is 2. The normalized spacial score (nSPS) is 43.7. The second-order valence-electron chi connectivity index (χ2n) is 17.2. The van der Waals surface area contributed by atoms with Crippen LogP contribution in [0.5, 0.6) is 0 Å². The quantitative estimate of drug-likeness (QED) is 0.305. The maximum Gasteiger partial charge on any atom is 0.103 e. The Labute approximate surface area is 329 Å². The van der Waals surface area contributed by atoms with Gasteiger partial charge < -0.3 is 62.9 Å². The molecule has 9 aliphatic rings. The topological polar surface area (TPSA) is 46.9 Å². The number of piperidine rings is 2. The van der Waals surface area contributed by atoms with Gasteiger partial charge in [-0.25, -0.2) is 0 Å². The third-order valence-electron chi connectivity index (χ3n) is 15.9. The Morgan fingerprint density at radius 2 is 1.10 bits per heavy atom. The first-order chi connectivity index (χ1) is 24.5. The number of quaternary nitrogens is 2. The maximum atomic E-state index is 10.5. The molecule has 0 aromatic heterocycles. The van der Waals surface area contributed by atoms with E-state index in [0.717, 1.165) is 73.9 Å². The first kappa shape index (κ1) is 35.0. The van der Waals surface area contributed by atoms with Crippen LogP contribution in [0.3, 0.4) is 0 Å². The van der Waals surface area contributed by atoms with Crippen LogP contribution in [0.15, 0.2) is 121 Å². The minimum atomic E-state index is 0. The highest BCUT2D eigenvalue weighted by atomic mass is 79.9. The van der Waals surface area contributed by atoms with Crippen LogP contribution in [-0.4, -0.2) is 95.8 Å². The predicted molar refractivity (Wildman–Crippen MR) is 198 cm³/mol. The molecule has 7 aliphatic heterocycles. The largest absolute Gasteiger partial charge is 1.00 e. The summed E-state index contributed by atoms with van der Waals surface area (Å²) in [5.74, 6) is 0.615. The standard InChI is InChI=1S/C44H50N4O2.2BrH/c1-3-17-47-19-15-43-35-9-5-7-11-37(35)45-26-34-32-24-40-44(16-20-48(40,18-4-2)28-30(32)14-22-50)36-10-6-8-12-38(36)46(42(34)44)25-33(41(43)45)31(23-39(43)47)29(27-47)13-21-49;;/h3-14,25-26,31-32,39-42,49-50H,1-2,15-24,27-28H2;2*1H/q+2;;/p-2/b29-13-,30-14-,33-25-,34-26-;;/t31-,32-,39-,40-,41-,42-,43+,44+,47-,48-;;/m0../s1. The van der Waals surface area contributed by atoms with Gasteiger partial charge in [0.1, 0.15) is 25.2 Å². The summed E-state index contributed by atoms with van der Waals surface area (Å²) in [7, 11) is 0. The molecular weight excluding hydrogens is 776 g/mol. The van der Waals surface area contributed by atoms with Crippen molar-refractivity contribution in [3.05, 3.63) is 132 Å². The number of hydrogen-bond donors (Lipinski definition) is 2. The third-order valence-corrected chi connectivity index (χ3v) is 15.9. The molecule has 2 aromatic carbocycles. The van der Waals surface area contributed by atoms with Crippen molar-refractivity contribution >= 4 is 11.4 Å². The summed E-state index contributed by atoms with van der Waals surface area (Å²) in [6.45, 7) is 15.0. The number of para-hydroxylation sites is 2. The van der Waals surface area contributed by atoms with Crippen molar-refractivity contribution < 1.29 is 53.1 Å². The summed E-state index contributed by atoms with van der Waals surface area (Å²) in [5, 5.41) is 20.9. The van der Waals surface area contributed by atoms with Gasteiger partial charge in [0.25, 0.3) is 0 Å². The number of aliphatic hydroxyl groups is 2. The fourth-order valence-corrected chi connectivity index (χ4v) is 14.6. The van der Waals surface area contributed by atoms with E-state index < -0.39 is 0 Å². The summed E-state index contributed by atoms with van der Waals surface area (Å²) >= 11 is 0. The molecule has 0 radical (unpaired) electrons. The zero-order valence-corrected chi connectivity index (χ0v) is 33.1. The monoisotopic (exact) mass is 824 g/mol. The molecule has 2 spiro atoms. The van der Waals surface area contributed by atoms with Gasteiger partial charge in [-0.3, -0.25) is 0 Å². The fourth-order valence-electron chi connectivity index (χ4n) is 14.6. The van der Waals surface area contributed by atoms with Crippen LogP contribution in [0.4, 0.5) is 11.4 Å². The molecule has 272 valence electrons. The summed E-state index contributed by atoms with van der Waals surface area (Å²) in [4.78, 5) is 5.54. The first-order valence-corrected chi connectivity index (χ1v) is 19.2. The van der Waals surface area contributed by atoms with Gasteiger partial charge in [0, 0.05) is 61.3 Å². The van der Waals surface area contributed by atoms with E-state index in [9.17, 15) is 10.2 Å². The molecule has 10 atom stereocenters. The van der Waals surface area contributed by atoms with Crippen molar-refractivity contribution in [1.29, 1.82) is 0 Å². The van der Waals surface area contributed by atoms with E-state index >= 15 is 0 Å². The van der Waals surface area contributed by atoms with Gasteiger partial charge in [-0.2, -0.15) is 0 Å². The summed E-state index contributed by atoms with van der Waals surface area (Å²) in [5.41, 5.74) is 11.8. The number of fused-ring (bicyclic) bond motifs is 8. The second kappa shape index (κ2) is 11.9. The van der Waals surface area contributed by atoms with Gasteiger partial charge in [-0.15, -0.1) is 0 Å². The average molecular weight is 827 g/mol. The Bertz CT molecular complexity index is 1860. The lowest BCUT2D eigenvalue weighted by Crippen LogP contribution is -3.00. The van der Waals surface area contributed by atoms with E-state index in [4.69, 9.17) is 0 Å². The van der Waals surface area contributed by atoms with Crippen LogP contribution in [0.1, 0.15) is 36.8 Å². The van der Waals surface area contributed by atoms with Crippen LogP contribution in [-0.2, 0) is 10.8 Å². The maximum absolute atomic E-state index is 10.5. The molecule has 2 N–H and O–H groups in total. The molecule has 6 fully saturated rings. The highest BCUT2D eigenvalue weighted by Crippen LogP contribution is 2.69. The van der Waals surface area contributed by atoms with Crippen molar-refractivity contribution in [3.8, 4) is 0 Å². The third kappa shape index (κ3) is 3.89. The van der Waals surface area contributed by atoms with Gasteiger partial charge in [-0.05, 0) is 57.7 Å². The number of hydrogen-bond acceptors (Lipinski definition) is 4. The van der Waals surface area contributed by atoms with Crippen molar-refractivity contribution in [2.75, 3.05) is 62.3 Å². The molecule has 4 bridgehead atoms. The van der Waals surface area contributed by atoms with Gasteiger partial charge in [0.2, 0.25) is 0 Å². The summed E-state index contributed by atoms with van der Waals surface area (Å²) < 4.78 is 2.12. The van der Waals surface area contributed by atoms with E-state index in [-0.39, 0.29) is 70.1 Å². The smallest absolute Gasteiger partial charge is 0.103 e. The fraction of sp³-hybridized carbons (Fsp3) is 0.455. The van der Waals surface area contributed by atoms with E-state index in [2.05, 4.69) is 108 Å². The zero-order valence-electron chi connectivity index (χ0n) is 29.9. The number of anilines is 2. The Hall–Kier alpha value is -2.72. The first-order valence-electron chi connectivity index (χ1n) is 19.2. The van der Waals surface area contributed by atoms with Gasteiger partial charge in [-0.1, -0.05) is 61.7 Å². The lowest BCUT2D eigenvalue weighted by Gasteiger charge is -2.59. The molecule has 0 unspecified atom stereocenters. The average Bonchev–Trinajstić information content (AvgIpc) is 3.81. The van der Waals surface area contributed by atoms with Crippen LogP contribution in [0.2, 0.25) is 0 Å². The van der Waals surface area contributed by atoms with E-state index in [1.807, 2.05) is 0 Å². The number of nitrogens with zero attached hydrogens (tertiary/aromatic N) is 4. The van der Waals surface area contributed by atoms with Crippen LogP contribution in [0.25, 0.3) is 0 Å². The van der Waals surface area contributed by atoms with Gasteiger partial charge in [0.15, 0.2) is 0 Å². The summed E-state index contributed by atoms with van der Waals surface area (Å²) in [6, 6.07) is 20.3. The molecule has 2 aliphatic carbocycles. The lowest BCUT2D eigenvalue weighted by atomic mass is 9.56. The van der Waals surface area contributed by atoms with E-state index in [1.54, 1.807) is 11.1 Å². The molecular formula is C44H50Br2N4O2. The zero-order chi connectivity index (χ0) is 33.6. The number of aliphatic hydroxyl groups excluding tert-OH is 2. The van der Waals surface area contributed by atoms with Gasteiger partial charge in [0.05, 0.1) is 62.3 Å². The molecule has 7 heterocycles. The molecule has 0 amide bonds. The highest BCUT2D eigenvalue weighted by Gasteiger charge is 2.75. The second-order valence-corrected chi connectivity index (χ2v) is 17.2. The van der Waals surface area contributed by atoms with Crippen molar-refractivity contribution in [3.63, 3.8) is 0 Å². The molecule has 6 nitrogen and oxygen atoms in total. The van der Waals surface area contributed by atoms with Crippen LogP contribution < -0.4 is 43.8 Å². The molecule has 2 aromatic rings. The SMILES string of the molecule is C=CC[N@@+]12CC[C@@]34c5ccccc5N5/C=C6/[C@H]7C[C@H]8[C@@]9(CC[N@@+]8(CC=C)C/C7=C/CO)c7ccccc7N(/C=C(/[C@@H](C[C@@H]31)/C(=C\CO)C2)[C@H]54)[C@@H]69.[Br-].[Br-]. The van der Waals surface area contributed by atoms with Gasteiger partial charge >= 0.3 is 0 Å². The molecule has 4 saturated heterocycles. The lowest BCUT2D eigenvalue weighted by molar-refractivity contribution is -0.937. The van der Waals surface area contributed by atoms with Crippen LogP contribution in [0, 0.1) is 11.8 Å². The molecule has 2 saturated carbocycles. The van der Waals surface area contributed by atoms with Crippen molar-refractivity contribution in [2.24, 2.45) is 11.8 Å². The molecule has 52 heavy (non-hydrogen) atoms. The Morgan fingerprint density at radius 3 is 1.50 bits per heavy atom. The Balaban J connectivity index is 0.00000180. The summed E-state index contributed by atoms with van der Waals surface area (Å²) in [6.07, 6.45) is 18.6. The van der Waals surface area contributed by atoms with E-state index in [0.29, 0.717) is 23.9 Å². The Morgan fingerprint density at radius 1 is 0.673 bits per heavy atom. The minimum Gasteiger partial charge on any atom is -1.00 e. The van der Waals surface area contributed by atoms with E-state index in [1.165, 1.54) is 33.6 Å². The predicted octanol–water partition coefficient (Wildman–Crippen LogP) is -0.516. The van der Waals surface area contributed by atoms with Crippen LogP contribution >= 0.6 is 0 Å². The molecule has 8 heteroatoms. The molecule has 11 rings (SSSR count).